The third kappa shape index (κ3) is 4.75. The van der Waals surface area contributed by atoms with Crippen LogP contribution in [0.25, 0.3) is 0 Å². The highest BCUT2D eigenvalue weighted by molar-refractivity contribution is 6.30. The van der Waals surface area contributed by atoms with Crippen molar-refractivity contribution in [3.63, 3.8) is 0 Å². The Morgan fingerprint density at radius 3 is 2.29 bits per heavy atom. The average molecular weight is 345 g/mol. The van der Waals surface area contributed by atoms with Gasteiger partial charge in [0.2, 0.25) is 0 Å². The van der Waals surface area contributed by atoms with Crippen LogP contribution in [0.15, 0.2) is 54.6 Å². The second-order valence-electron chi connectivity index (χ2n) is 6.40. The highest BCUT2D eigenvalue weighted by Crippen LogP contribution is 2.23. The molecule has 2 rings (SSSR count). The van der Waals surface area contributed by atoms with Crippen molar-refractivity contribution in [3.8, 4) is 0 Å². The number of nitrogens with one attached hydrogen (secondary N) is 1. The molecule has 2 aromatic rings. The minimum Gasteiger partial charge on any atom is -0.329 e. The molecule has 0 saturated carbocycles. The molecule has 2 aromatic carbocycles. The van der Waals surface area contributed by atoms with Gasteiger partial charge in [-0.25, -0.2) is 4.79 Å². The zero-order valence-electron chi connectivity index (χ0n) is 14.6. The summed E-state index contributed by atoms with van der Waals surface area (Å²) in [7, 11) is 0. The largest absolute Gasteiger partial charge is 0.329 e. The molecule has 0 aliphatic carbocycles. The molecular formula is C20H25ClN2O. The number of benzene rings is 2. The summed E-state index contributed by atoms with van der Waals surface area (Å²) in [6.45, 7) is 6.82. The Kier molecular flexibility index (Phi) is 6.27. The number of carbonyl (C=O) groups excluding carboxylic acids is 1. The number of hydrogen-bond donors (Lipinski definition) is 1. The molecule has 24 heavy (non-hydrogen) atoms. The molecule has 128 valence electrons. The summed E-state index contributed by atoms with van der Waals surface area (Å²) in [6, 6.07) is 17.3. The van der Waals surface area contributed by atoms with Crippen molar-refractivity contribution < 1.29 is 4.79 Å². The van der Waals surface area contributed by atoms with Crippen LogP contribution in [0.2, 0.25) is 5.02 Å². The summed E-state index contributed by atoms with van der Waals surface area (Å²) in [4.78, 5) is 14.7. The minimum absolute atomic E-state index is 0.0883. The molecular weight excluding hydrogens is 320 g/mol. The average Bonchev–Trinajstić information content (AvgIpc) is 2.56. The molecule has 2 amide bonds. The van der Waals surface area contributed by atoms with Gasteiger partial charge in [-0.1, -0.05) is 55.3 Å². The standard InChI is InChI=1S/C20H25ClN2O/c1-4-5-15-23(18-9-7-6-8-10-18)19(24)22-20(2,3)16-11-13-17(21)14-12-16/h6-14H,4-5,15H2,1-3H3,(H,22,24). The molecule has 0 heterocycles. The summed E-state index contributed by atoms with van der Waals surface area (Å²) < 4.78 is 0. The van der Waals surface area contributed by atoms with E-state index < -0.39 is 5.54 Å². The summed E-state index contributed by atoms with van der Waals surface area (Å²) in [5.41, 5.74) is 1.44. The van der Waals surface area contributed by atoms with E-state index in [0.717, 1.165) is 24.1 Å². The monoisotopic (exact) mass is 344 g/mol. The normalized spacial score (nSPS) is 11.2. The molecule has 1 N–H and O–H groups in total. The van der Waals surface area contributed by atoms with Gasteiger partial charge in [0.05, 0.1) is 5.54 Å². The quantitative estimate of drug-likeness (QED) is 0.727. The molecule has 0 saturated heterocycles. The molecule has 0 bridgehead atoms. The first-order valence-electron chi connectivity index (χ1n) is 8.35. The molecule has 4 heteroatoms. The van der Waals surface area contributed by atoms with E-state index in [1.165, 1.54) is 0 Å². The molecule has 0 atom stereocenters. The number of nitrogens with zero attached hydrogens (tertiary/aromatic N) is 1. The molecule has 0 spiro atoms. The van der Waals surface area contributed by atoms with Crippen molar-refractivity contribution in [2.45, 2.75) is 39.2 Å². The highest BCUT2D eigenvalue weighted by atomic mass is 35.5. The van der Waals surface area contributed by atoms with Gasteiger partial charge >= 0.3 is 6.03 Å². The Morgan fingerprint density at radius 1 is 1.08 bits per heavy atom. The van der Waals surface area contributed by atoms with Gasteiger partial charge in [-0.15, -0.1) is 0 Å². The first kappa shape index (κ1) is 18.3. The Balaban J connectivity index is 2.18. The van der Waals surface area contributed by atoms with Crippen LogP contribution in [0.3, 0.4) is 0 Å². The van der Waals surface area contributed by atoms with E-state index in [1.54, 1.807) is 4.90 Å². The highest BCUT2D eigenvalue weighted by Gasteiger charge is 2.26. The topological polar surface area (TPSA) is 32.3 Å². The van der Waals surface area contributed by atoms with Gasteiger partial charge in [-0.05, 0) is 50.1 Å². The molecule has 0 aliphatic heterocycles. The fourth-order valence-corrected chi connectivity index (χ4v) is 2.67. The summed E-state index contributed by atoms with van der Waals surface area (Å²) in [5.74, 6) is 0. The van der Waals surface area contributed by atoms with Gasteiger partial charge in [0.1, 0.15) is 0 Å². The molecule has 0 aromatic heterocycles. The lowest BCUT2D eigenvalue weighted by Gasteiger charge is -2.31. The van der Waals surface area contributed by atoms with E-state index in [2.05, 4.69) is 12.2 Å². The molecule has 3 nitrogen and oxygen atoms in total. The maximum absolute atomic E-state index is 12.9. The van der Waals surface area contributed by atoms with Crippen molar-refractivity contribution in [3.05, 3.63) is 65.2 Å². The number of para-hydroxylation sites is 1. The van der Waals surface area contributed by atoms with Gasteiger partial charge in [0.25, 0.3) is 0 Å². The van der Waals surface area contributed by atoms with E-state index in [-0.39, 0.29) is 6.03 Å². The van der Waals surface area contributed by atoms with Gasteiger partial charge in [0, 0.05) is 17.3 Å². The van der Waals surface area contributed by atoms with Crippen LogP contribution in [-0.2, 0) is 5.54 Å². The van der Waals surface area contributed by atoms with Crippen molar-refractivity contribution in [1.29, 1.82) is 0 Å². The lowest BCUT2D eigenvalue weighted by molar-refractivity contribution is 0.235. The molecule has 0 fully saturated rings. The van der Waals surface area contributed by atoms with E-state index in [4.69, 9.17) is 11.6 Å². The van der Waals surface area contributed by atoms with Crippen LogP contribution in [0, 0.1) is 0 Å². The number of carbonyl (C=O) groups is 1. The fraction of sp³-hybridized carbons (Fsp3) is 0.350. The van der Waals surface area contributed by atoms with Gasteiger partial charge in [-0.3, -0.25) is 4.90 Å². The summed E-state index contributed by atoms with van der Waals surface area (Å²) in [5, 5.41) is 3.83. The van der Waals surface area contributed by atoms with Crippen LogP contribution < -0.4 is 10.2 Å². The second-order valence-corrected chi connectivity index (χ2v) is 6.84. The molecule has 0 aliphatic rings. The SMILES string of the molecule is CCCCN(C(=O)NC(C)(C)c1ccc(Cl)cc1)c1ccccc1. The third-order valence-corrected chi connectivity index (χ3v) is 4.29. The zero-order chi connectivity index (χ0) is 17.6. The number of halogens is 1. The fourth-order valence-electron chi connectivity index (χ4n) is 2.55. The number of hydrogen-bond acceptors (Lipinski definition) is 1. The zero-order valence-corrected chi connectivity index (χ0v) is 15.3. The van der Waals surface area contributed by atoms with Crippen molar-refractivity contribution >= 4 is 23.3 Å². The van der Waals surface area contributed by atoms with Gasteiger partial charge < -0.3 is 5.32 Å². The van der Waals surface area contributed by atoms with Crippen LogP contribution in [0.1, 0.15) is 39.2 Å². The Bertz CT molecular complexity index is 653. The predicted octanol–water partition coefficient (Wildman–Crippen LogP) is 5.59. The molecule has 0 radical (unpaired) electrons. The van der Waals surface area contributed by atoms with Crippen LogP contribution >= 0.6 is 11.6 Å². The van der Waals surface area contributed by atoms with Crippen molar-refractivity contribution in [2.75, 3.05) is 11.4 Å². The number of unbranched alkanes of at least 4 members (excludes halogenated alkanes) is 1. The smallest absolute Gasteiger partial charge is 0.322 e. The van der Waals surface area contributed by atoms with Gasteiger partial charge in [0.15, 0.2) is 0 Å². The van der Waals surface area contributed by atoms with Crippen molar-refractivity contribution in [1.82, 2.24) is 5.32 Å². The summed E-state index contributed by atoms with van der Waals surface area (Å²) in [6.07, 6.45) is 2.00. The lowest BCUT2D eigenvalue weighted by atomic mass is 9.94. The maximum Gasteiger partial charge on any atom is 0.322 e. The maximum atomic E-state index is 12.9. The number of anilines is 1. The van der Waals surface area contributed by atoms with E-state index in [9.17, 15) is 4.79 Å². The number of urea groups is 1. The third-order valence-electron chi connectivity index (χ3n) is 4.03. The number of rotatable bonds is 6. The van der Waals surface area contributed by atoms with Gasteiger partial charge in [-0.2, -0.15) is 0 Å². The number of amides is 2. The first-order chi connectivity index (χ1) is 11.4. The van der Waals surface area contributed by atoms with E-state index >= 15 is 0 Å². The Hall–Kier alpha value is -2.00. The second kappa shape index (κ2) is 8.20. The lowest BCUT2D eigenvalue weighted by Crippen LogP contribution is -2.49. The summed E-state index contributed by atoms with van der Waals surface area (Å²) >= 11 is 5.96. The molecule has 0 unspecified atom stereocenters. The minimum atomic E-state index is -0.485. The van der Waals surface area contributed by atoms with Crippen molar-refractivity contribution in [2.24, 2.45) is 0 Å². The first-order valence-corrected chi connectivity index (χ1v) is 8.72. The van der Waals surface area contributed by atoms with E-state index in [0.29, 0.717) is 11.6 Å². The van der Waals surface area contributed by atoms with Crippen LogP contribution in [-0.4, -0.2) is 12.6 Å². The van der Waals surface area contributed by atoms with Crippen LogP contribution in [0.4, 0.5) is 10.5 Å². The Labute approximate surface area is 149 Å². The van der Waals surface area contributed by atoms with Crippen LogP contribution in [0.5, 0.6) is 0 Å². The Morgan fingerprint density at radius 2 is 1.71 bits per heavy atom. The van der Waals surface area contributed by atoms with E-state index in [1.807, 2.05) is 68.4 Å². The predicted molar refractivity (Wildman–Crippen MR) is 102 cm³/mol.